The largest absolute Gasteiger partial charge is 0.364 e. The summed E-state index contributed by atoms with van der Waals surface area (Å²) in [6.45, 7) is 5.27. The molecule has 27 heavy (non-hydrogen) atoms. The Morgan fingerprint density at radius 3 is 3.04 bits per heavy atom. The zero-order valence-corrected chi connectivity index (χ0v) is 15.2. The van der Waals surface area contributed by atoms with Gasteiger partial charge in [0.25, 0.3) is 0 Å². The Balaban J connectivity index is 1.54. The van der Waals surface area contributed by atoms with E-state index in [1.54, 1.807) is 0 Å². The van der Waals surface area contributed by atoms with Gasteiger partial charge >= 0.3 is 0 Å². The third-order valence-corrected chi connectivity index (χ3v) is 5.09. The fourth-order valence-electron chi connectivity index (χ4n) is 3.65. The molecule has 0 fully saturated rings. The van der Waals surface area contributed by atoms with Gasteiger partial charge in [-0.05, 0) is 13.0 Å². The van der Waals surface area contributed by atoms with Gasteiger partial charge < -0.3 is 20.2 Å². The first-order valence-corrected chi connectivity index (χ1v) is 9.23. The molecule has 7 nitrogen and oxygen atoms in total. The quantitative estimate of drug-likeness (QED) is 0.510. The second kappa shape index (κ2) is 6.51. The van der Waals surface area contributed by atoms with Crippen LogP contribution in [0.2, 0.25) is 0 Å². The third kappa shape index (κ3) is 2.76. The first kappa shape index (κ1) is 16.0. The Kier molecular flexibility index (Phi) is 3.86. The number of nitrogens with zero attached hydrogens (tertiary/aromatic N) is 4. The van der Waals surface area contributed by atoms with Crippen molar-refractivity contribution >= 4 is 16.7 Å². The summed E-state index contributed by atoms with van der Waals surface area (Å²) in [5, 5.41) is 8.03. The van der Waals surface area contributed by atoms with Gasteiger partial charge in [-0.15, -0.1) is 0 Å². The zero-order valence-electron chi connectivity index (χ0n) is 15.2. The highest BCUT2D eigenvalue weighted by Gasteiger charge is 2.21. The van der Waals surface area contributed by atoms with E-state index in [1.165, 1.54) is 0 Å². The van der Waals surface area contributed by atoms with Crippen LogP contribution in [-0.2, 0) is 26.2 Å². The van der Waals surface area contributed by atoms with Crippen molar-refractivity contribution in [1.82, 2.24) is 29.8 Å². The van der Waals surface area contributed by atoms with Crippen molar-refractivity contribution in [2.45, 2.75) is 33.1 Å². The molecule has 0 spiro atoms. The van der Waals surface area contributed by atoms with Crippen molar-refractivity contribution in [3.8, 4) is 11.4 Å². The van der Waals surface area contributed by atoms with Crippen LogP contribution in [0.25, 0.3) is 22.3 Å². The molecule has 0 bridgehead atoms. The van der Waals surface area contributed by atoms with Crippen LogP contribution in [0.1, 0.15) is 23.9 Å². The fraction of sp³-hybridized carbons (Fsp3) is 0.250. The molecule has 0 atom stereocenters. The maximum Gasteiger partial charge on any atom is 0.163 e. The van der Waals surface area contributed by atoms with Gasteiger partial charge in [-0.3, -0.25) is 0 Å². The molecule has 0 unspecified atom stereocenters. The lowest BCUT2D eigenvalue weighted by Crippen LogP contribution is -2.10. The van der Waals surface area contributed by atoms with E-state index in [0.29, 0.717) is 6.54 Å². The molecule has 0 aliphatic carbocycles. The number of H-pyrrole nitrogens is 1. The van der Waals surface area contributed by atoms with E-state index in [4.69, 9.17) is 9.97 Å². The number of hydrogen-bond donors (Lipinski definition) is 3. The van der Waals surface area contributed by atoms with Gasteiger partial charge in [0.1, 0.15) is 5.82 Å². The van der Waals surface area contributed by atoms with Crippen LogP contribution < -0.4 is 10.6 Å². The smallest absolute Gasteiger partial charge is 0.163 e. The molecule has 7 heteroatoms. The van der Waals surface area contributed by atoms with Crippen molar-refractivity contribution in [2.75, 3.05) is 5.32 Å². The maximum atomic E-state index is 4.88. The summed E-state index contributed by atoms with van der Waals surface area (Å²) in [5.74, 6) is 1.65. The molecule has 0 radical (unpaired) electrons. The number of para-hydroxylation sites is 1. The highest BCUT2D eigenvalue weighted by atomic mass is 15.1. The molecule has 4 aromatic rings. The van der Waals surface area contributed by atoms with Crippen molar-refractivity contribution < 1.29 is 0 Å². The summed E-state index contributed by atoms with van der Waals surface area (Å²) in [4.78, 5) is 17.3. The number of aromatic nitrogens is 5. The molecule has 3 aromatic heterocycles. The molecular formula is C20H21N7. The number of imidazole rings is 1. The van der Waals surface area contributed by atoms with Crippen molar-refractivity contribution in [2.24, 2.45) is 0 Å². The molecule has 1 aromatic carbocycles. The lowest BCUT2D eigenvalue weighted by Gasteiger charge is -2.12. The van der Waals surface area contributed by atoms with Crippen LogP contribution in [0.15, 0.2) is 43.0 Å². The van der Waals surface area contributed by atoms with Crippen molar-refractivity contribution in [1.29, 1.82) is 0 Å². The number of fused-ring (bicyclic) bond motifs is 2. The second-order valence-electron chi connectivity index (χ2n) is 6.70. The van der Waals surface area contributed by atoms with E-state index >= 15 is 0 Å². The van der Waals surface area contributed by atoms with Crippen LogP contribution in [-0.4, -0.2) is 24.5 Å². The molecule has 4 heterocycles. The lowest BCUT2D eigenvalue weighted by molar-refractivity contribution is 0.718. The minimum absolute atomic E-state index is 0.685. The number of aryl methyl sites for hydroxylation is 1. The van der Waals surface area contributed by atoms with E-state index in [0.717, 1.165) is 64.7 Å². The van der Waals surface area contributed by atoms with E-state index in [2.05, 4.69) is 44.2 Å². The van der Waals surface area contributed by atoms with Crippen LogP contribution in [0.5, 0.6) is 0 Å². The topological polar surface area (TPSA) is 83.5 Å². The average molecular weight is 359 g/mol. The summed E-state index contributed by atoms with van der Waals surface area (Å²) in [6, 6.07) is 8.24. The molecule has 0 amide bonds. The van der Waals surface area contributed by atoms with Gasteiger partial charge in [0.05, 0.1) is 24.3 Å². The molecule has 136 valence electrons. The normalized spacial score (nSPS) is 13.2. The van der Waals surface area contributed by atoms with Gasteiger partial charge in [0, 0.05) is 54.1 Å². The summed E-state index contributed by atoms with van der Waals surface area (Å²) in [7, 11) is 0. The van der Waals surface area contributed by atoms with E-state index in [-0.39, 0.29) is 0 Å². The lowest BCUT2D eigenvalue weighted by atomic mass is 10.1. The number of hydrogen-bond acceptors (Lipinski definition) is 5. The van der Waals surface area contributed by atoms with Gasteiger partial charge in [-0.1, -0.05) is 18.2 Å². The van der Waals surface area contributed by atoms with Crippen LogP contribution in [0.3, 0.4) is 0 Å². The van der Waals surface area contributed by atoms with Crippen molar-refractivity contribution in [3.63, 3.8) is 0 Å². The minimum atomic E-state index is 0.685. The molecule has 5 rings (SSSR count). The number of aromatic amines is 1. The maximum absolute atomic E-state index is 4.88. The Morgan fingerprint density at radius 1 is 1.19 bits per heavy atom. The van der Waals surface area contributed by atoms with Gasteiger partial charge in [-0.25, -0.2) is 15.0 Å². The van der Waals surface area contributed by atoms with Gasteiger partial charge in [-0.2, -0.15) is 0 Å². The summed E-state index contributed by atoms with van der Waals surface area (Å²) >= 11 is 0. The highest BCUT2D eigenvalue weighted by Crippen LogP contribution is 2.30. The fourth-order valence-corrected chi connectivity index (χ4v) is 3.65. The number of benzene rings is 1. The highest BCUT2D eigenvalue weighted by molar-refractivity contribution is 5.93. The Morgan fingerprint density at radius 2 is 2.11 bits per heavy atom. The Bertz CT molecular complexity index is 1110. The summed E-state index contributed by atoms with van der Waals surface area (Å²) < 4.78 is 2.13. The van der Waals surface area contributed by atoms with Crippen LogP contribution in [0.4, 0.5) is 5.82 Å². The first-order valence-electron chi connectivity index (χ1n) is 9.23. The SMILES string of the molecule is CCn1cncc1CNc1nc(-c2c[nH]c3ccccc23)nc2c1CNC2. The summed E-state index contributed by atoms with van der Waals surface area (Å²) in [5.41, 5.74) is 5.49. The average Bonchev–Trinajstić information content (AvgIpc) is 3.44. The molecule has 1 aliphatic heterocycles. The third-order valence-electron chi connectivity index (χ3n) is 5.09. The zero-order chi connectivity index (χ0) is 18.2. The predicted molar refractivity (Wildman–Crippen MR) is 105 cm³/mol. The van der Waals surface area contributed by atoms with Crippen molar-refractivity contribution in [3.05, 3.63) is 59.9 Å². The van der Waals surface area contributed by atoms with Crippen LogP contribution in [0, 0.1) is 0 Å². The molecular weight excluding hydrogens is 338 g/mol. The monoisotopic (exact) mass is 359 g/mol. The van der Waals surface area contributed by atoms with Gasteiger partial charge in [0.15, 0.2) is 5.82 Å². The second-order valence-corrected chi connectivity index (χ2v) is 6.70. The number of anilines is 1. The predicted octanol–water partition coefficient (Wildman–Crippen LogP) is 3.06. The molecule has 0 saturated heterocycles. The van der Waals surface area contributed by atoms with E-state index < -0.39 is 0 Å². The summed E-state index contributed by atoms with van der Waals surface area (Å²) in [6.07, 6.45) is 5.75. The molecule has 0 saturated carbocycles. The van der Waals surface area contributed by atoms with E-state index in [9.17, 15) is 0 Å². The van der Waals surface area contributed by atoms with E-state index in [1.807, 2.05) is 30.9 Å². The first-order chi connectivity index (χ1) is 13.3. The van der Waals surface area contributed by atoms with Crippen LogP contribution >= 0.6 is 0 Å². The molecule has 3 N–H and O–H groups in total. The molecule has 1 aliphatic rings. The standard InChI is InChI=1S/C20H21N7/c1-2-27-12-22-7-13(27)8-24-19-16-9-21-11-18(16)25-20(26-19)15-10-23-17-6-4-3-5-14(15)17/h3-7,10,12,21,23H,2,8-9,11H2,1H3,(H,24,25,26). The Labute approximate surface area is 156 Å². The van der Waals surface area contributed by atoms with Gasteiger partial charge in [0.2, 0.25) is 0 Å². The number of rotatable bonds is 5. The minimum Gasteiger partial charge on any atom is -0.364 e. The number of nitrogens with one attached hydrogen (secondary N) is 3. The Hall–Kier alpha value is -3.19.